The van der Waals surface area contributed by atoms with Gasteiger partial charge in [-0.1, -0.05) is 48.5 Å². The van der Waals surface area contributed by atoms with Gasteiger partial charge < -0.3 is 10.4 Å². The van der Waals surface area contributed by atoms with E-state index in [9.17, 15) is 14.0 Å². The second-order valence-corrected chi connectivity index (χ2v) is 5.37. The number of hydrogen-bond acceptors (Lipinski definition) is 2. The van der Waals surface area contributed by atoms with Crippen molar-refractivity contribution in [2.75, 3.05) is 5.32 Å². The van der Waals surface area contributed by atoms with Crippen LogP contribution in [0, 0.1) is 5.82 Å². The Balaban J connectivity index is 1.90. The standard InChI is InChI=1S/C20H14FNO3/c21-17-11-5-10-16(18(17)20(24)25)19(23)22-15-9-4-8-14(12-15)13-6-2-1-3-7-13/h1-12H,(H,22,23)(H,24,25). The third-order valence-electron chi connectivity index (χ3n) is 3.70. The molecule has 0 heterocycles. The summed E-state index contributed by atoms with van der Waals surface area (Å²) in [5.74, 6) is -3.11. The molecular formula is C20H14FNO3. The molecule has 2 N–H and O–H groups in total. The van der Waals surface area contributed by atoms with Crippen LogP contribution in [0.15, 0.2) is 72.8 Å². The number of carboxylic acid groups (broad SMARTS) is 1. The Morgan fingerprint density at radius 2 is 1.52 bits per heavy atom. The van der Waals surface area contributed by atoms with Crippen molar-refractivity contribution in [1.29, 1.82) is 0 Å². The number of halogens is 1. The maximum Gasteiger partial charge on any atom is 0.339 e. The molecule has 124 valence electrons. The Morgan fingerprint density at radius 1 is 0.840 bits per heavy atom. The minimum Gasteiger partial charge on any atom is -0.478 e. The molecule has 0 saturated carbocycles. The molecule has 0 aliphatic rings. The summed E-state index contributed by atoms with van der Waals surface area (Å²) in [6.45, 7) is 0. The Kier molecular flexibility index (Phi) is 4.57. The topological polar surface area (TPSA) is 66.4 Å². The van der Waals surface area contributed by atoms with Gasteiger partial charge in [0.15, 0.2) is 0 Å². The summed E-state index contributed by atoms with van der Waals surface area (Å²) >= 11 is 0. The van der Waals surface area contributed by atoms with Crippen molar-refractivity contribution in [3.63, 3.8) is 0 Å². The molecule has 0 aliphatic heterocycles. The van der Waals surface area contributed by atoms with E-state index in [4.69, 9.17) is 5.11 Å². The number of carboxylic acids is 1. The molecule has 1 amide bonds. The highest BCUT2D eigenvalue weighted by atomic mass is 19.1. The highest BCUT2D eigenvalue weighted by Crippen LogP contribution is 2.23. The van der Waals surface area contributed by atoms with E-state index in [-0.39, 0.29) is 5.56 Å². The number of anilines is 1. The fourth-order valence-electron chi connectivity index (χ4n) is 2.54. The van der Waals surface area contributed by atoms with Gasteiger partial charge in [0.1, 0.15) is 11.4 Å². The number of rotatable bonds is 4. The third-order valence-corrected chi connectivity index (χ3v) is 3.70. The van der Waals surface area contributed by atoms with Crippen molar-refractivity contribution >= 4 is 17.6 Å². The number of benzene rings is 3. The molecule has 0 fully saturated rings. The lowest BCUT2D eigenvalue weighted by Crippen LogP contribution is -2.17. The van der Waals surface area contributed by atoms with Crippen LogP contribution in [-0.2, 0) is 0 Å². The van der Waals surface area contributed by atoms with Gasteiger partial charge in [0.05, 0.1) is 5.56 Å². The molecule has 0 aliphatic carbocycles. The maximum absolute atomic E-state index is 13.7. The van der Waals surface area contributed by atoms with Crippen LogP contribution in [0.2, 0.25) is 0 Å². The van der Waals surface area contributed by atoms with E-state index < -0.39 is 23.3 Å². The molecule has 4 nitrogen and oxygen atoms in total. The van der Waals surface area contributed by atoms with Crippen LogP contribution in [-0.4, -0.2) is 17.0 Å². The van der Waals surface area contributed by atoms with Gasteiger partial charge in [0, 0.05) is 5.69 Å². The molecule has 0 atom stereocenters. The van der Waals surface area contributed by atoms with Crippen LogP contribution in [0.25, 0.3) is 11.1 Å². The van der Waals surface area contributed by atoms with Crippen LogP contribution in [0.4, 0.5) is 10.1 Å². The average molecular weight is 335 g/mol. The average Bonchev–Trinajstić information content (AvgIpc) is 2.62. The van der Waals surface area contributed by atoms with Crippen molar-refractivity contribution in [2.24, 2.45) is 0 Å². The predicted molar refractivity (Wildman–Crippen MR) is 93.2 cm³/mol. The zero-order valence-corrected chi connectivity index (χ0v) is 13.1. The van der Waals surface area contributed by atoms with Gasteiger partial charge in [-0.25, -0.2) is 9.18 Å². The van der Waals surface area contributed by atoms with Gasteiger partial charge >= 0.3 is 5.97 Å². The van der Waals surface area contributed by atoms with Crippen molar-refractivity contribution in [1.82, 2.24) is 0 Å². The number of nitrogens with one attached hydrogen (secondary N) is 1. The molecule has 0 aromatic heterocycles. The van der Waals surface area contributed by atoms with Crippen LogP contribution in [0.3, 0.4) is 0 Å². The van der Waals surface area contributed by atoms with E-state index in [1.54, 1.807) is 18.2 Å². The molecule has 5 heteroatoms. The van der Waals surface area contributed by atoms with Crippen molar-refractivity contribution in [2.45, 2.75) is 0 Å². The predicted octanol–water partition coefficient (Wildman–Crippen LogP) is 4.44. The molecule has 3 aromatic rings. The van der Waals surface area contributed by atoms with Crippen LogP contribution < -0.4 is 5.32 Å². The minimum absolute atomic E-state index is 0.224. The Bertz CT molecular complexity index is 939. The monoisotopic (exact) mass is 335 g/mol. The summed E-state index contributed by atoms with van der Waals surface area (Å²) in [5.41, 5.74) is 1.51. The van der Waals surface area contributed by atoms with Gasteiger partial charge in [-0.05, 0) is 35.4 Å². The molecule has 3 aromatic carbocycles. The van der Waals surface area contributed by atoms with Gasteiger partial charge in [-0.2, -0.15) is 0 Å². The Morgan fingerprint density at radius 3 is 2.24 bits per heavy atom. The van der Waals surface area contributed by atoms with Gasteiger partial charge in [-0.3, -0.25) is 4.79 Å². The van der Waals surface area contributed by atoms with Crippen LogP contribution >= 0.6 is 0 Å². The second kappa shape index (κ2) is 6.97. The quantitative estimate of drug-likeness (QED) is 0.740. The first-order valence-electron chi connectivity index (χ1n) is 7.55. The first kappa shape index (κ1) is 16.4. The summed E-state index contributed by atoms with van der Waals surface area (Å²) in [6.07, 6.45) is 0. The lowest BCUT2D eigenvalue weighted by molar-refractivity contribution is 0.0687. The Labute approximate surface area is 143 Å². The molecule has 0 spiro atoms. The van der Waals surface area contributed by atoms with Crippen LogP contribution in [0.5, 0.6) is 0 Å². The van der Waals surface area contributed by atoms with Gasteiger partial charge in [-0.15, -0.1) is 0 Å². The fraction of sp³-hybridized carbons (Fsp3) is 0. The normalized spacial score (nSPS) is 10.3. The summed E-state index contributed by atoms with van der Waals surface area (Å²) in [5, 5.41) is 11.8. The molecular weight excluding hydrogens is 321 g/mol. The number of carbonyl (C=O) groups excluding carboxylic acids is 1. The summed E-state index contributed by atoms with van der Waals surface area (Å²) in [6, 6.07) is 20.3. The largest absolute Gasteiger partial charge is 0.478 e. The van der Waals surface area contributed by atoms with E-state index in [0.717, 1.165) is 17.2 Å². The molecule has 0 radical (unpaired) electrons. The second-order valence-electron chi connectivity index (χ2n) is 5.37. The lowest BCUT2D eigenvalue weighted by atomic mass is 10.0. The van der Waals surface area contributed by atoms with E-state index in [2.05, 4.69) is 5.32 Å². The zero-order valence-electron chi connectivity index (χ0n) is 13.1. The molecule has 0 saturated heterocycles. The SMILES string of the molecule is O=C(Nc1cccc(-c2ccccc2)c1)c1cccc(F)c1C(=O)O. The van der Waals surface area contributed by atoms with E-state index in [1.165, 1.54) is 12.1 Å². The molecule has 25 heavy (non-hydrogen) atoms. The van der Waals surface area contributed by atoms with E-state index in [1.807, 2.05) is 36.4 Å². The van der Waals surface area contributed by atoms with Crippen molar-refractivity contribution < 1.29 is 19.1 Å². The van der Waals surface area contributed by atoms with Gasteiger partial charge in [0.25, 0.3) is 5.91 Å². The number of hydrogen-bond donors (Lipinski definition) is 2. The summed E-state index contributed by atoms with van der Waals surface area (Å²) in [4.78, 5) is 23.6. The smallest absolute Gasteiger partial charge is 0.339 e. The summed E-state index contributed by atoms with van der Waals surface area (Å²) < 4.78 is 13.7. The van der Waals surface area contributed by atoms with E-state index in [0.29, 0.717) is 5.69 Å². The summed E-state index contributed by atoms with van der Waals surface area (Å²) in [7, 11) is 0. The van der Waals surface area contributed by atoms with E-state index >= 15 is 0 Å². The minimum atomic E-state index is -1.48. The number of amides is 1. The molecule has 0 unspecified atom stereocenters. The first-order valence-corrected chi connectivity index (χ1v) is 7.55. The van der Waals surface area contributed by atoms with Crippen molar-refractivity contribution in [3.05, 3.63) is 89.7 Å². The fourth-order valence-corrected chi connectivity index (χ4v) is 2.54. The molecule has 0 bridgehead atoms. The highest BCUT2D eigenvalue weighted by molar-refractivity contribution is 6.10. The zero-order chi connectivity index (χ0) is 17.8. The highest BCUT2D eigenvalue weighted by Gasteiger charge is 2.20. The van der Waals surface area contributed by atoms with Crippen LogP contribution in [0.1, 0.15) is 20.7 Å². The molecule has 3 rings (SSSR count). The number of carbonyl (C=O) groups is 2. The first-order chi connectivity index (χ1) is 12.1. The maximum atomic E-state index is 13.7. The Hall–Kier alpha value is -3.47. The third kappa shape index (κ3) is 3.55. The van der Waals surface area contributed by atoms with Crippen molar-refractivity contribution in [3.8, 4) is 11.1 Å². The number of aromatic carboxylic acids is 1. The van der Waals surface area contributed by atoms with Gasteiger partial charge in [0.2, 0.25) is 0 Å². The lowest BCUT2D eigenvalue weighted by Gasteiger charge is -2.10.